The van der Waals surface area contributed by atoms with Crippen LogP contribution in [0.2, 0.25) is 0 Å². The first-order valence-electron chi connectivity index (χ1n) is 5.69. The number of halogens is 1. The van der Waals surface area contributed by atoms with Crippen LogP contribution in [0.5, 0.6) is 0 Å². The van der Waals surface area contributed by atoms with Gasteiger partial charge in [0.1, 0.15) is 11.3 Å². The predicted octanol–water partition coefficient (Wildman–Crippen LogP) is 2.79. The van der Waals surface area contributed by atoms with Gasteiger partial charge in [-0.05, 0) is 24.5 Å². The van der Waals surface area contributed by atoms with Crippen LogP contribution in [0.1, 0.15) is 25.2 Å². The van der Waals surface area contributed by atoms with E-state index in [1.807, 2.05) is 18.3 Å². The molecule has 0 N–H and O–H groups in total. The fraction of sp³-hybridized carbons (Fsp3) is 0.500. The number of aromatic nitrogens is 3. The maximum absolute atomic E-state index is 5.82. The average molecular weight is 236 g/mol. The van der Waals surface area contributed by atoms with E-state index in [0.29, 0.717) is 11.9 Å². The second-order valence-corrected chi connectivity index (χ2v) is 4.84. The van der Waals surface area contributed by atoms with Gasteiger partial charge < -0.3 is 4.57 Å². The van der Waals surface area contributed by atoms with Gasteiger partial charge in [-0.2, -0.15) is 0 Å². The lowest BCUT2D eigenvalue weighted by Gasteiger charge is -2.05. The van der Waals surface area contributed by atoms with Gasteiger partial charge in [0.2, 0.25) is 0 Å². The van der Waals surface area contributed by atoms with Gasteiger partial charge in [0.05, 0.1) is 0 Å². The molecule has 2 heterocycles. The molecule has 2 atom stereocenters. The molecular weight excluding hydrogens is 222 g/mol. The minimum Gasteiger partial charge on any atom is -0.309 e. The Labute approximate surface area is 99.5 Å². The highest BCUT2D eigenvalue weighted by molar-refractivity contribution is 6.17. The molecule has 0 radical (unpaired) electrons. The van der Waals surface area contributed by atoms with Gasteiger partial charge in [0.25, 0.3) is 0 Å². The van der Waals surface area contributed by atoms with Crippen molar-refractivity contribution in [3.63, 3.8) is 0 Å². The van der Waals surface area contributed by atoms with Crippen molar-refractivity contribution in [2.75, 3.05) is 5.88 Å². The van der Waals surface area contributed by atoms with Crippen LogP contribution in [0.3, 0.4) is 0 Å². The van der Waals surface area contributed by atoms with Gasteiger partial charge in [-0.25, -0.2) is 9.97 Å². The lowest BCUT2D eigenvalue weighted by atomic mass is 10.4. The first kappa shape index (κ1) is 10.1. The highest BCUT2D eigenvalue weighted by Gasteiger charge is 2.37. The number of imidazole rings is 1. The van der Waals surface area contributed by atoms with Crippen molar-refractivity contribution in [3.05, 3.63) is 24.2 Å². The number of rotatable bonds is 3. The smallest absolute Gasteiger partial charge is 0.160 e. The molecule has 0 aliphatic heterocycles. The SMILES string of the molecule is CC1CC1n1c(CCCl)nc2cccnc21. The van der Waals surface area contributed by atoms with Crippen LogP contribution in [0.15, 0.2) is 18.3 Å². The summed E-state index contributed by atoms with van der Waals surface area (Å²) < 4.78 is 2.28. The number of fused-ring (bicyclic) bond motifs is 1. The Morgan fingerprint density at radius 2 is 2.38 bits per heavy atom. The van der Waals surface area contributed by atoms with E-state index in [1.165, 1.54) is 6.42 Å². The zero-order valence-corrected chi connectivity index (χ0v) is 9.98. The molecule has 3 rings (SSSR count). The fourth-order valence-electron chi connectivity index (χ4n) is 2.25. The van der Waals surface area contributed by atoms with Gasteiger partial charge >= 0.3 is 0 Å². The third-order valence-electron chi connectivity index (χ3n) is 3.24. The lowest BCUT2D eigenvalue weighted by molar-refractivity contribution is 0.660. The van der Waals surface area contributed by atoms with Crippen molar-refractivity contribution in [2.24, 2.45) is 5.92 Å². The maximum atomic E-state index is 5.82. The van der Waals surface area contributed by atoms with E-state index in [1.54, 1.807) is 0 Å². The zero-order valence-electron chi connectivity index (χ0n) is 9.23. The predicted molar refractivity (Wildman–Crippen MR) is 64.8 cm³/mol. The largest absolute Gasteiger partial charge is 0.309 e. The van der Waals surface area contributed by atoms with Gasteiger partial charge in [-0.1, -0.05) is 6.92 Å². The summed E-state index contributed by atoms with van der Waals surface area (Å²) in [6, 6.07) is 4.53. The summed E-state index contributed by atoms with van der Waals surface area (Å²) in [5.74, 6) is 2.44. The first-order chi connectivity index (χ1) is 7.81. The number of hydrogen-bond acceptors (Lipinski definition) is 2. The quantitative estimate of drug-likeness (QED) is 0.766. The standard InChI is InChI=1S/C12H14ClN3/c1-8-7-10(8)16-11(4-5-13)15-9-3-2-6-14-12(9)16/h2-3,6,8,10H,4-5,7H2,1H3. The highest BCUT2D eigenvalue weighted by Crippen LogP contribution is 2.44. The molecule has 2 unspecified atom stereocenters. The van der Waals surface area contributed by atoms with Crippen LogP contribution < -0.4 is 0 Å². The summed E-state index contributed by atoms with van der Waals surface area (Å²) in [4.78, 5) is 9.05. The zero-order chi connectivity index (χ0) is 11.1. The second-order valence-electron chi connectivity index (χ2n) is 4.46. The van der Waals surface area contributed by atoms with Gasteiger partial charge in [-0.3, -0.25) is 0 Å². The van der Waals surface area contributed by atoms with E-state index >= 15 is 0 Å². The topological polar surface area (TPSA) is 30.7 Å². The monoisotopic (exact) mass is 235 g/mol. The Hall–Kier alpha value is -1.09. The third-order valence-corrected chi connectivity index (χ3v) is 3.43. The van der Waals surface area contributed by atoms with E-state index in [2.05, 4.69) is 21.5 Å². The Balaban J connectivity index is 2.16. The molecule has 0 bridgehead atoms. The molecule has 1 aliphatic rings. The van der Waals surface area contributed by atoms with Gasteiger partial charge in [0, 0.05) is 24.5 Å². The van der Waals surface area contributed by atoms with Crippen molar-refractivity contribution in [3.8, 4) is 0 Å². The Morgan fingerprint density at radius 3 is 3.06 bits per heavy atom. The Bertz CT molecular complexity index is 520. The molecule has 1 saturated carbocycles. The highest BCUT2D eigenvalue weighted by atomic mass is 35.5. The normalized spacial score (nSPS) is 23.9. The summed E-state index contributed by atoms with van der Waals surface area (Å²) in [7, 11) is 0. The third kappa shape index (κ3) is 1.50. The number of aryl methyl sites for hydroxylation is 1. The van der Waals surface area contributed by atoms with Crippen molar-refractivity contribution in [1.82, 2.24) is 14.5 Å². The van der Waals surface area contributed by atoms with Crippen molar-refractivity contribution < 1.29 is 0 Å². The van der Waals surface area contributed by atoms with Crippen molar-refractivity contribution >= 4 is 22.8 Å². The van der Waals surface area contributed by atoms with Crippen LogP contribution in [-0.2, 0) is 6.42 Å². The molecule has 84 valence electrons. The van der Waals surface area contributed by atoms with E-state index in [0.717, 1.165) is 29.3 Å². The summed E-state index contributed by atoms with van der Waals surface area (Å²) in [6.45, 7) is 2.27. The van der Waals surface area contributed by atoms with Crippen LogP contribution in [-0.4, -0.2) is 20.4 Å². The number of nitrogens with zero attached hydrogens (tertiary/aromatic N) is 3. The minimum atomic E-state index is 0.582. The van der Waals surface area contributed by atoms with E-state index in [4.69, 9.17) is 11.6 Å². The maximum Gasteiger partial charge on any atom is 0.160 e. The summed E-state index contributed by atoms with van der Waals surface area (Å²) in [5, 5.41) is 0. The van der Waals surface area contributed by atoms with E-state index < -0.39 is 0 Å². The molecular formula is C12H14ClN3. The minimum absolute atomic E-state index is 0.582. The molecule has 2 aromatic heterocycles. The molecule has 16 heavy (non-hydrogen) atoms. The summed E-state index contributed by atoms with van der Waals surface area (Å²) >= 11 is 5.82. The molecule has 0 saturated heterocycles. The molecule has 1 aliphatic carbocycles. The number of pyridine rings is 1. The molecule has 0 amide bonds. The fourth-order valence-corrected chi connectivity index (χ4v) is 2.42. The Kier molecular flexibility index (Phi) is 2.36. The Morgan fingerprint density at radius 1 is 1.56 bits per heavy atom. The summed E-state index contributed by atoms with van der Waals surface area (Å²) in [5.41, 5.74) is 2.00. The molecule has 3 nitrogen and oxygen atoms in total. The van der Waals surface area contributed by atoms with E-state index in [-0.39, 0.29) is 0 Å². The van der Waals surface area contributed by atoms with Crippen LogP contribution >= 0.6 is 11.6 Å². The van der Waals surface area contributed by atoms with Crippen molar-refractivity contribution in [1.29, 1.82) is 0 Å². The van der Waals surface area contributed by atoms with Crippen LogP contribution in [0, 0.1) is 5.92 Å². The molecule has 1 fully saturated rings. The molecule has 0 aromatic carbocycles. The first-order valence-corrected chi connectivity index (χ1v) is 6.22. The van der Waals surface area contributed by atoms with Crippen LogP contribution in [0.25, 0.3) is 11.2 Å². The average Bonchev–Trinajstić information content (AvgIpc) is 2.89. The molecule has 2 aromatic rings. The second kappa shape index (κ2) is 3.74. The van der Waals surface area contributed by atoms with Gasteiger partial charge in [0.15, 0.2) is 5.65 Å². The number of alkyl halides is 1. The number of hydrogen-bond donors (Lipinski definition) is 0. The van der Waals surface area contributed by atoms with Gasteiger partial charge in [-0.15, -0.1) is 11.6 Å². The van der Waals surface area contributed by atoms with Crippen molar-refractivity contribution in [2.45, 2.75) is 25.8 Å². The molecule has 4 heteroatoms. The summed E-state index contributed by atoms with van der Waals surface area (Å²) in [6.07, 6.45) is 3.89. The van der Waals surface area contributed by atoms with Crippen LogP contribution in [0.4, 0.5) is 0 Å². The lowest BCUT2D eigenvalue weighted by Crippen LogP contribution is -2.04. The molecule has 0 spiro atoms. The van der Waals surface area contributed by atoms with E-state index in [9.17, 15) is 0 Å².